The zero-order valence-electron chi connectivity index (χ0n) is 16.7. The van der Waals surface area contributed by atoms with Gasteiger partial charge in [-0.3, -0.25) is 9.59 Å². The van der Waals surface area contributed by atoms with Gasteiger partial charge in [0.15, 0.2) is 11.5 Å². The van der Waals surface area contributed by atoms with Crippen molar-refractivity contribution in [2.24, 2.45) is 0 Å². The summed E-state index contributed by atoms with van der Waals surface area (Å²) >= 11 is 0. The Morgan fingerprint density at radius 2 is 1.90 bits per heavy atom. The standard InChI is InChI=1S/C22H24F2N2O4/c1-29-18-10-5-15(14-19(18)30-22(23)24)11-12-25-21(28)16-6-8-17(9-7-16)26-13-3-2-4-20(26)27/h5-10,14,22H,2-4,11-13H2,1H3,(H,25,28). The summed E-state index contributed by atoms with van der Waals surface area (Å²) in [6.07, 6.45) is 2.89. The van der Waals surface area contributed by atoms with E-state index >= 15 is 0 Å². The number of anilines is 1. The van der Waals surface area contributed by atoms with Gasteiger partial charge in [0, 0.05) is 30.8 Å². The van der Waals surface area contributed by atoms with E-state index in [0.717, 1.165) is 24.1 Å². The number of carbonyl (C=O) groups excluding carboxylic acids is 2. The maximum Gasteiger partial charge on any atom is 0.387 e. The van der Waals surface area contributed by atoms with Crippen LogP contribution >= 0.6 is 0 Å². The van der Waals surface area contributed by atoms with Crippen LogP contribution < -0.4 is 19.7 Å². The predicted molar refractivity (Wildman–Crippen MR) is 108 cm³/mol. The summed E-state index contributed by atoms with van der Waals surface area (Å²) in [7, 11) is 1.38. The van der Waals surface area contributed by atoms with Crippen molar-refractivity contribution in [2.45, 2.75) is 32.3 Å². The molecule has 0 aliphatic carbocycles. The van der Waals surface area contributed by atoms with E-state index in [1.54, 1.807) is 41.3 Å². The molecule has 1 N–H and O–H groups in total. The van der Waals surface area contributed by atoms with Crippen molar-refractivity contribution < 1.29 is 27.8 Å². The van der Waals surface area contributed by atoms with Gasteiger partial charge in [0.1, 0.15) is 0 Å². The highest BCUT2D eigenvalue weighted by Crippen LogP contribution is 2.29. The SMILES string of the molecule is COc1ccc(CCNC(=O)c2ccc(N3CCCCC3=O)cc2)cc1OC(F)F. The maximum atomic E-state index is 12.5. The van der Waals surface area contributed by atoms with Crippen molar-refractivity contribution in [2.75, 3.05) is 25.1 Å². The second-order valence-electron chi connectivity index (χ2n) is 6.92. The van der Waals surface area contributed by atoms with E-state index in [2.05, 4.69) is 10.1 Å². The van der Waals surface area contributed by atoms with E-state index in [9.17, 15) is 18.4 Å². The molecule has 8 heteroatoms. The molecule has 0 spiro atoms. The molecule has 6 nitrogen and oxygen atoms in total. The van der Waals surface area contributed by atoms with Crippen molar-refractivity contribution in [1.82, 2.24) is 5.32 Å². The van der Waals surface area contributed by atoms with E-state index < -0.39 is 6.61 Å². The normalized spacial score (nSPS) is 14.0. The van der Waals surface area contributed by atoms with E-state index in [4.69, 9.17) is 4.74 Å². The van der Waals surface area contributed by atoms with Gasteiger partial charge in [-0.1, -0.05) is 6.07 Å². The van der Waals surface area contributed by atoms with Crippen molar-refractivity contribution in [1.29, 1.82) is 0 Å². The molecule has 160 valence electrons. The Hall–Kier alpha value is -3.16. The lowest BCUT2D eigenvalue weighted by atomic mass is 10.1. The van der Waals surface area contributed by atoms with Crippen molar-refractivity contribution >= 4 is 17.5 Å². The minimum Gasteiger partial charge on any atom is -0.493 e. The Labute approximate surface area is 173 Å². The number of amides is 2. The quantitative estimate of drug-likeness (QED) is 0.708. The molecule has 1 aliphatic rings. The van der Waals surface area contributed by atoms with Gasteiger partial charge in [-0.05, 0) is 61.2 Å². The lowest BCUT2D eigenvalue weighted by Crippen LogP contribution is -2.35. The summed E-state index contributed by atoms with van der Waals surface area (Å²) in [5.41, 5.74) is 2.01. The monoisotopic (exact) mass is 418 g/mol. The fourth-order valence-corrected chi connectivity index (χ4v) is 3.36. The maximum absolute atomic E-state index is 12.5. The van der Waals surface area contributed by atoms with Crippen LogP contribution in [0, 0.1) is 0 Å². The summed E-state index contributed by atoms with van der Waals surface area (Å²) in [6, 6.07) is 11.7. The zero-order valence-corrected chi connectivity index (χ0v) is 16.7. The molecule has 1 saturated heterocycles. The summed E-state index contributed by atoms with van der Waals surface area (Å²) in [6.45, 7) is -1.92. The molecular weight excluding hydrogens is 394 g/mol. The van der Waals surface area contributed by atoms with Gasteiger partial charge in [-0.25, -0.2) is 0 Å². The van der Waals surface area contributed by atoms with Crippen LogP contribution in [0.5, 0.6) is 11.5 Å². The Balaban J connectivity index is 1.55. The lowest BCUT2D eigenvalue weighted by molar-refractivity contribution is -0.119. The Bertz CT molecular complexity index is 887. The first-order valence-electron chi connectivity index (χ1n) is 9.78. The third kappa shape index (κ3) is 5.46. The number of benzene rings is 2. The highest BCUT2D eigenvalue weighted by Gasteiger charge is 2.19. The number of alkyl halides is 2. The molecule has 1 aliphatic heterocycles. The molecule has 0 unspecified atom stereocenters. The number of rotatable bonds is 8. The molecule has 2 aromatic rings. The fraction of sp³-hybridized carbons (Fsp3) is 0.364. The van der Waals surface area contributed by atoms with E-state index in [-0.39, 0.29) is 23.3 Å². The van der Waals surface area contributed by atoms with Crippen LogP contribution in [0.4, 0.5) is 14.5 Å². The van der Waals surface area contributed by atoms with Crippen molar-refractivity contribution in [3.05, 3.63) is 53.6 Å². The third-order valence-electron chi connectivity index (χ3n) is 4.91. The van der Waals surface area contributed by atoms with Crippen LogP contribution in [0.1, 0.15) is 35.2 Å². The van der Waals surface area contributed by atoms with Crippen molar-refractivity contribution in [3.63, 3.8) is 0 Å². The molecule has 0 radical (unpaired) electrons. The number of halogens is 2. The second kappa shape index (κ2) is 10.0. The summed E-state index contributed by atoms with van der Waals surface area (Å²) in [5.74, 6) is 0.0340. The number of piperidine rings is 1. The predicted octanol–water partition coefficient (Wildman–Crippen LogP) is 3.79. The van der Waals surface area contributed by atoms with E-state index in [1.165, 1.54) is 13.2 Å². The molecular formula is C22H24F2N2O4. The molecule has 0 saturated carbocycles. The fourth-order valence-electron chi connectivity index (χ4n) is 3.36. The van der Waals surface area contributed by atoms with Crippen LogP contribution in [0.15, 0.2) is 42.5 Å². The highest BCUT2D eigenvalue weighted by atomic mass is 19.3. The first-order valence-corrected chi connectivity index (χ1v) is 9.78. The molecule has 2 aromatic carbocycles. The van der Waals surface area contributed by atoms with Crippen LogP contribution in [-0.4, -0.2) is 38.6 Å². The molecule has 0 bridgehead atoms. The van der Waals surface area contributed by atoms with Crippen LogP contribution in [0.25, 0.3) is 0 Å². The van der Waals surface area contributed by atoms with Gasteiger partial charge in [-0.15, -0.1) is 0 Å². The summed E-state index contributed by atoms with van der Waals surface area (Å²) in [5, 5.41) is 2.80. The highest BCUT2D eigenvalue weighted by molar-refractivity contribution is 5.96. The molecule has 0 aromatic heterocycles. The number of hydrogen-bond acceptors (Lipinski definition) is 4. The molecule has 0 atom stereocenters. The number of ether oxygens (including phenoxy) is 2. The molecule has 3 rings (SSSR count). The number of carbonyl (C=O) groups is 2. The van der Waals surface area contributed by atoms with Crippen LogP contribution in [-0.2, 0) is 11.2 Å². The summed E-state index contributed by atoms with van der Waals surface area (Å²) < 4.78 is 34.5. The third-order valence-corrected chi connectivity index (χ3v) is 4.91. The number of nitrogens with one attached hydrogen (secondary N) is 1. The first kappa shape index (κ1) is 21.5. The second-order valence-corrected chi connectivity index (χ2v) is 6.92. The average molecular weight is 418 g/mol. The van der Waals surface area contributed by atoms with E-state index in [1.807, 2.05) is 0 Å². The number of hydrogen-bond donors (Lipinski definition) is 1. The Morgan fingerprint density at radius 1 is 1.13 bits per heavy atom. The Morgan fingerprint density at radius 3 is 2.57 bits per heavy atom. The van der Waals surface area contributed by atoms with Gasteiger partial charge < -0.3 is 19.7 Å². The van der Waals surface area contributed by atoms with Gasteiger partial charge in [-0.2, -0.15) is 8.78 Å². The van der Waals surface area contributed by atoms with Crippen molar-refractivity contribution in [3.8, 4) is 11.5 Å². The van der Waals surface area contributed by atoms with Crippen LogP contribution in [0.2, 0.25) is 0 Å². The van der Waals surface area contributed by atoms with Gasteiger partial charge in [0.25, 0.3) is 5.91 Å². The molecule has 30 heavy (non-hydrogen) atoms. The number of methoxy groups -OCH3 is 1. The summed E-state index contributed by atoms with van der Waals surface area (Å²) in [4.78, 5) is 26.1. The van der Waals surface area contributed by atoms with Gasteiger partial charge in [0.05, 0.1) is 7.11 Å². The largest absolute Gasteiger partial charge is 0.493 e. The van der Waals surface area contributed by atoms with E-state index in [0.29, 0.717) is 31.5 Å². The average Bonchev–Trinajstić information content (AvgIpc) is 2.74. The van der Waals surface area contributed by atoms with Crippen LogP contribution in [0.3, 0.4) is 0 Å². The van der Waals surface area contributed by atoms with Gasteiger partial charge in [0.2, 0.25) is 5.91 Å². The number of nitrogens with zero attached hydrogens (tertiary/aromatic N) is 1. The molecule has 1 heterocycles. The molecule has 1 fully saturated rings. The lowest BCUT2D eigenvalue weighted by Gasteiger charge is -2.26. The smallest absolute Gasteiger partial charge is 0.387 e. The topological polar surface area (TPSA) is 67.9 Å². The minimum atomic E-state index is -2.95. The first-order chi connectivity index (χ1) is 14.5. The molecule has 2 amide bonds. The minimum absolute atomic E-state index is 0.0424. The van der Waals surface area contributed by atoms with Gasteiger partial charge >= 0.3 is 6.61 Å². The Kier molecular flexibility index (Phi) is 7.21. The zero-order chi connectivity index (χ0) is 21.5.